The highest BCUT2D eigenvalue weighted by molar-refractivity contribution is 6.02. The first-order valence-corrected chi connectivity index (χ1v) is 27.0. The molecule has 4 aromatic rings. The molecule has 1 unspecified atom stereocenters. The van der Waals surface area contributed by atoms with Crippen LogP contribution in [0.1, 0.15) is 67.3 Å². The van der Waals surface area contributed by atoms with Crippen LogP contribution < -0.4 is 32.1 Å². The monoisotopic (exact) mass is 1140 g/mol. The number of halogens is 1. The number of nitrogens with zero attached hydrogens (tertiary/aromatic N) is 4. The Hall–Kier alpha value is -7.59. The molecule has 0 saturated carbocycles. The second-order valence-electron chi connectivity index (χ2n) is 19.9. The molecule has 2 aromatic carbocycles. The molecule has 440 valence electrons. The maximum Gasteiger partial charge on any atom is 0.343 e. The smallest absolute Gasteiger partial charge is 0.343 e. The number of carbonyl (C=O) groups excluding carboxylic acids is 8. The predicted octanol–water partition coefficient (Wildman–Crippen LogP) is -0.517. The van der Waals surface area contributed by atoms with Crippen LogP contribution in [0, 0.1) is 12.7 Å². The van der Waals surface area contributed by atoms with E-state index in [1.165, 1.54) is 6.07 Å². The van der Waals surface area contributed by atoms with Gasteiger partial charge in [-0.2, -0.15) is 0 Å². The molecule has 4 aliphatic rings. The lowest BCUT2D eigenvalue weighted by Crippen LogP contribution is -2.52. The Morgan fingerprint density at radius 3 is 2.32 bits per heavy atom. The molecule has 2 aromatic heterocycles. The molecule has 4 atom stereocenters. The molecule has 6 N–H and O–H groups in total. The van der Waals surface area contributed by atoms with E-state index in [-0.39, 0.29) is 115 Å². The number of cyclic esters (lactones) is 1. The first-order valence-electron chi connectivity index (χ1n) is 27.6. The Balaban J connectivity index is 0.733. The van der Waals surface area contributed by atoms with E-state index in [9.17, 15) is 48.3 Å². The van der Waals surface area contributed by atoms with E-state index < -0.39 is 96.6 Å². The lowest BCUT2D eigenvalue weighted by atomic mass is 9.86. The van der Waals surface area contributed by atoms with E-state index in [0.29, 0.717) is 59.7 Å². The van der Waals surface area contributed by atoms with Crippen molar-refractivity contribution in [1.29, 1.82) is 0 Å². The van der Waals surface area contributed by atoms with Gasteiger partial charge in [-0.15, -0.1) is 0 Å². The van der Waals surface area contributed by atoms with Gasteiger partial charge in [-0.1, -0.05) is 37.3 Å². The summed E-state index contributed by atoms with van der Waals surface area (Å²) in [6.07, 6.45) is -1.59. The van der Waals surface area contributed by atoms with Crippen LogP contribution >= 0.6 is 0 Å². The third-order valence-corrected chi connectivity index (χ3v) is 14.3. The van der Waals surface area contributed by atoms with E-state index in [1.54, 1.807) is 60.9 Å². The number of esters is 1. The van der Waals surface area contributed by atoms with E-state index in [1.807, 2.05) is 0 Å². The van der Waals surface area contributed by atoms with Gasteiger partial charge in [0.25, 0.3) is 5.56 Å². The third kappa shape index (κ3) is 15.3. The molecule has 26 heteroatoms. The first-order chi connectivity index (χ1) is 39.9. The van der Waals surface area contributed by atoms with Gasteiger partial charge in [0.15, 0.2) is 5.60 Å². The molecule has 7 amide bonds. The molecule has 6 heterocycles. The van der Waals surface area contributed by atoms with Crippen LogP contribution in [0.3, 0.4) is 0 Å². The minimum absolute atomic E-state index is 0.0163. The summed E-state index contributed by atoms with van der Waals surface area (Å²) in [5.74, 6) is -5.28. The van der Waals surface area contributed by atoms with Crippen molar-refractivity contribution in [2.75, 3.05) is 98.9 Å². The molecule has 0 bridgehead atoms. The lowest BCUT2D eigenvalue weighted by molar-refractivity contribution is -0.172. The van der Waals surface area contributed by atoms with E-state index in [2.05, 4.69) is 31.5 Å². The fourth-order valence-corrected chi connectivity index (χ4v) is 9.82. The fraction of sp³-hybridized carbons (Fsp3) is 0.500. The summed E-state index contributed by atoms with van der Waals surface area (Å²) in [7, 11) is 0. The summed E-state index contributed by atoms with van der Waals surface area (Å²) in [5, 5.41) is 24.7. The van der Waals surface area contributed by atoms with Gasteiger partial charge in [-0.3, -0.25) is 48.2 Å². The zero-order chi connectivity index (χ0) is 59.2. The molecule has 4 aliphatic heterocycles. The Morgan fingerprint density at radius 2 is 1.57 bits per heavy atom. The fourth-order valence-electron chi connectivity index (χ4n) is 9.82. The van der Waals surface area contributed by atoms with Crippen LogP contribution in [0.5, 0.6) is 0 Å². The number of imide groups is 1. The maximum absolute atomic E-state index is 15.1. The van der Waals surface area contributed by atoms with Crippen molar-refractivity contribution in [2.45, 2.75) is 83.4 Å². The standard InChI is InChI=1S/C56H68FN9O16/c1-3-56(76)41-23-45-52-39(30-66(45)54(74)40(41)32-82-55(56)75)38(37-21-34(2)42(57)24-43(37)63-52)29-64-12-16-81-36(28-64)31-80-33-61-48(69)26-60-53(73)44(22-35-7-5-4-6-8-35)62-49(70)27-59-47(68)25-58-46(67)11-14-77-17-19-79-20-18-78-15-13-65-50(71)9-10-51(65)72/h4-8,21,23-24,36,44,76H,3,9-20,22,25-33H2,1-2H3,(H,58,67)(H,59,68)(H,60,73)(H,61,69)(H,62,70)/t36-,44-,56-/m0/s1/i9T/t9?,36-,44-,56-. The van der Waals surface area contributed by atoms with Crippen molar-refractivity contribution < 1.29 is 77.6 Å². The number of pyridine rings is 2. The number of aryl methyl sites for hydroxylation is 1. The van der Waals surface area contributed by atoms with Crippen molar-refractivity contribution in [3.05, 3.63) is 98.1 Å². The number of ether oxygens (including phenoxy) is 6. The van der Waals surface area contributed by atoms with Crippen molar-refractivity contribution in [3.63, 3.8) is 0 Å². The molecule has 0 radical (unpaired) electrons. The summed E-state index contributed by atoms with van der Waals surface area (Å²) < 4.78 is 57.3. The molecule has 2 fully saturated rings. The largest absolute Gasteiger partial charge is 0.458 e. The molecule has 82 heavy (non-hydrogen) atoms. The van der Waals surface area contributed by atoms with Crippen LogP contribution in [0.2, 0.25) is 0 Å². The third-order valence-electron chi connectivity index (χ3n) is 14.3. The normalized spacial score (nSPS) is 19.0. The van der Waals surface area contributed by atoms with Crippen LogP contribution in [-0.4, -0.2) is 183 Å². The minimum atomic E-state index is -2.01. The number of benzene rings is 2. The second kappa shape index (κ2) is 28.4. The van der Waals surface area contributed by atoms with E-state index in [0.717, 1.165) is 16.0 Å². The summed E-state index contributed by atoms with van der Waals surface area (Å²) >= 11 is 0. The highest BCUT2D eigenvalue weighted by Crippen LogP contribution is 2.41. The Labute approximate surface area is 472 Å². The number of hydrogen-bond donors (Lipinski definition) is 6. The van der Waals surface area contributed by atoms with Crippen LogP contribution in [-0.2, 0) is 98.5 Å². The number of aliphatic hydroxyl groups is 1. The van der Waals surface area contributed by atoms with Gasteiger partial charge < -0.3 is 64.7 Å². The average molecular weight is 1140 g/mol. The molecular weight excluding hydrogens is 1070 g/mol. The first kappa shape index (κ1) is 59.0. The van der Waals surface area contributed by atoms with E-state index >= 15 is 4.39 Å². The number of morpholine rings is 1. The number of nitrogens with one attached hydrogen (secondary N) is 5. The molecule has 0 spiro atoms. The molecule has 0 aliphatic carbocycles. The van der Waals surface area contributed by atoms with Crippen LogP contribution in [0.25, 0.3) is 22.3 Å². The number of carbonyl (C=O) groups is 8. The average Bonchev–Trinajstić information content (AvgIpc) is 2.17. The molecule has 25 nitrogen and oxygen atoms in total. The minimum Gasteiger partial charge on any atom is -0.458 e. The number of amides is 7. The Bertz CT molecular complexity index is 3150. The quantitative estimate of drug-likeness (QED) is 0.0152. The van der Waals surface area contributed by atoms with Gasteiger partial charge in [0.05, 0.1) is 114 Å². The van der Waals surface area contributed by atoms with Crippen LogP contribution in [0.4, 0.5) is 4.39 Å². The SMILES string of the molecule is [3H]C1CC(=O)N(CCOCCOCCOCCC(=O)NCC(=O)NCC(=O)N[C@@H](Cc2ccccc2)C(=O)NCC(=O)NCOC[C@@H]2CN(Cc3c4c(nc5cc(F)c(C)cc35)-c3cc5c(c(=O)n3C4)COC(=O)[C@]5(O)CC)CCO2)C1=O. The summed E-state index contributed by atoms with van der Waals surface area (Å²) in [6, 6.07) is 12.4. The predicted molar refractivity (Wildman–Crippen MR) is 287 cm³/mol. The van der Waals surface area contributed by atoms with Gasteiger partial charge >= 0.3 is 5.97 Å². The van der Waals surface area contributed by atoms with E-state index in [4.69, 9.17) is 34.8 Å². The highest BCUT2D eigenvalue weighted by Gasteiger charge is 2.46. The number of hydrogen-bond acceptors (Lipinski definition) is 18. The Kier molecular flexibility index (Phi) is 20.5. The lowest BCUT2D eigenvalue weighted by Gasteiger charge is -2.33. The van der Waals surface area contributed by atoms with Crippen molar-refractivity contribution in [1.82, 2.24) is 45.9 Å². The zero-order valence-corrected chi connectivity index (χ0v) is 45.6. The van der Waals surface area contributed by atoms with Crippen molar-refractivity contribution in [3.8, 4) is 11.4 Å². The van der Waals surface area contributed by atoms with Gasteiger partial charge in [-0.25, -0.2) is 14.2 Å². The van der Waals surface area contributed by atoms with Gasteiger partial charge in [0.2, 0.25) is 41.4 Å². The number of likely N-dealkylation sites (tertiary alicyclic amines) is 1. The van der Waals surface area contributed by atoms with Crippen molar-refractivity contribution in [2.24, 2.45) is 0 Å². The van der Waals surface area contributed by atoms with Crippen LogP contribution in [0.15, 0.2) is 53.3 Å². The number of aromatic nitrogens is 2. The summed E-state index contributed by atoms with van der Waals surface area (Å²) in [5.41, 5.74) is 1.89. The topological polar surface area (TPSA) is 314 Å². The van der Waals surface area contributed by atoms with Gasteiger partial charge in [0.1, 0.15) is 25.2 Å². The molecular formula is C56H68FN9O16. The number of rotatable bonds is 29. The molecule has 8 rings (SSSR count). The summed E-state index contributed by atoms with van der Waals surface area (Å²) in [4.78, 5) is 122. The number of fused-ring (bicyclic) bond motifs is 5. The van der Waals surface area contributed by atoms with Gasteiger partial charge in [0, 0.05) is 69.2 Å². The highest BCUT2D eigenvalue weighted by atomic mass is 19.1. The van der Waals surface area contributed by atoms with Gasteiger partial charge in [-0.05, 0) is 42.2 Å². The van der Waals surface area contributed by atoms with Crippen molar-refractivity contribution >= 4 is 58.2 Å². The maximum atomic E-state index is 15.1. The Morgan fingerprint density at radius 1 is 0.866 bits per heavy atom. The summed E-state index contributed by atoms with van der Waals surface area (Å²) in [6.45, 7) is 4.41. The zero-order valence-electron chi connectivity index (χ0n) is 46.6. The second-order valence-corrected chi connectivity index (χ2v) is 19.9. The molecule has 2 saturated heterocycles.